The third-order valence-electron chi connectivity index (χ3n) is 3.90. The Bertz CT molecular complexity index is 260. The lowest BCUT2D eigenvalue weighted by Crippen LogP contribution is -2.40. The molecule has 1 nitrogen and oxygen atoms in total. The molecule has 0 fully saturated rings. The number of rotatable bonds is 2. The van der Waals surface area contributed by atoms with Crippen LogP contribution in [0.3, 0.4) is 0 Å². The highest BCUT2D eigenvalue weighted by molar-refractivity contribution is 5.37. The van der Waals surface area contributed by atoms with Crippen LogP contribution in [0.25, 0.3) is 0 Å². The van der Waals surface area contributed by atoms with E-state index in [2.05, 4.69) is 27.4 Å². The van der Waals surface area contributed by atoms with Gasteiger partial charge in [0.05, 0.1) is 5.60 Å². The maximum absolute atomic E-state index is 10.4. The van der Waals surface area contributed by atoms with Crippen LogP contribution in [0.1, 0.15) is 40.5 Å². The number of allylic oxidation sites excluding steroid dienone is 1. The first kappa shape index (κ1) is 10.5. The molecule has 0 bridgehead atoms. The van der Waals surface area contributed by atoms with Crippen molar-refractivity contribution in [3.8, 4) is 0 Å². The average Bonchev–Trinajstić information content (AvgIpc) is 2.27. The first-order chi connectivity index (χ1) is 5.89. The second kappa shape index (κ2) is 2.98. The van der Waals surface area contributed by atoms with Crippen molar-refractivity contribution in [2.45, 2.75) is 46.1 Å². The van der Waals surface area contributed by atoms with Gasteiger partial charge in [0.15, 0.2) is 0 Å². The summed E-state index contributed by atoms with van der Waals surface area (Å²) >= 11 is 0. The fraction of sp³-hybridized carbons (Fsp3) is 0.667. The largest absolute Gasteiger partial charge is 0.389 e. The molecule has 1 aliphatic carbocycles. The number of hydrogen-bond acceptors (Lipinski definition) is 1. The monoisotopic (exact) mass is 180 g/mol. The lowest BCUT2D eigenvalue weighted by Gasteiger charge is -2.37. The zero-order valence-corrected chi connectivity index (χ0v) is 9.15. The molecule has 0 amide bonds. The van der Waals surface area contributed by atoms with Gasteiger partial charge in [0.1, 0.15) is 0 Å². The van der Waals surface area contributed by atoms with Crippen molar-refractivity contribution in [2.75, 3.05) is 0 Å². The van der Waals surface area contributed by atoms with E-state index >= 15 is 0 Å². The predicted molar refractivity (Wildman–Crippen MR) is 56.5 cm³/mol. The molecule has 0 saturated heterocycles. The third kappa shape index (κ3) is 1.26. The Hall–Kier alpha value is -0.560. The van der Waals surface area contributed by atoms with E-state index < -0.39 is 5.60 Å². The Morgan fingerprint density at radius 2 is 2.08 bits per heavy atom. The van der Waals surface area contributed by atoms with Gasteiger partial charge in [-0.25, -0.2) is 0 Å². The summed E-state index contributed by atoms with van der Waals surface area (Å²) in [5.74, 6) is 0. The van der Waals surface area contributed by atoms with Crippen LogP contribution in [0.5, 0.6) is 0 Å². The number of hydrogen-bond donors (Lipinski definition) is 1. The minimum Gasteiger partial charge on any atom is -0.389 e. The van der Waals surface area contributed by atoms with Gasteiger partial charge in [-0.3, -0.25) is 0 Å². The fourth-order valence-corrected chi connectivity index (χ4v) is 2.21. The van der Waals surface area contributed by atoms with E-state index in [1.165, 1.54) is 11.1 Å². The molecular formula is C12H20O. The van der Waals surface area contributed by atoms with Crippen molar-refractivity contribution in [1.82, 2.24) is 0 Å². The van der Waals surface area contributed by atoms with Crippen molar-refractivity contribution in [1.29, 1.82) is 0 Å². The maximum atomic E-state index is 10.4. The summed E-state index contributed by atoms with van der Waals surface area (Å²) in [6.07, 6.45) is 3.44. The summed E-state index contributed by atoms with van der Waals surface area (Å²) < 4.78 is 0. The summed E-state index contributed by atoms with van der Waals surface area (Å²) in [6.45, 7) is 12.2. The standard InChI is InChI=1S/C12H20O/c1-6-10-8-12(13,7-2)11(4,5)9(10)3/h6,13H,1,7-8H2,2-5H3. The lowest BCUT2D eigenvalue weighted by atomic mass is 9.73. The van der Waals surface area contributed by atoms with Crippen molar-refractivity contribution < 1.29 is 5.11 Å². The van der Waals surface area contributed by atoms with Gasteiger partial charge in [0.2, 0.25) is 0 Å². The van der Waals surface area contributed by atoms with Gasteiger partial charge in [-0.2, -0.15) is 0 Å². The van der Waals surface area contributed by atoms with Gasteiger partial charge in [-0.1, -0.05) is 39.0 Å². The van der Waals surface area contributed by atoms with Crippen LogP contribution < -0.4 is 0 Å². The number of aliphatic hydroxyl groups is 1. The SMILES string of the molecule is C=CC1=C(C)C(C)(C)C(O)(CC)C1. The van der Waals surface area contributed by atoms with Crippen molar-refractivity contribution in [2.24, 2.45) is 5.41 Å². The molecule has 0 aliphatic heterocycles. The second-order valence-electron chi connectivity index (χ2n) is 4.54. The molecule has 0 aromatic heterocycles. The molecular weight excluding hydrogens is 160 g/mol. The Morgan fingerprint density at radius 1 is 1.54 bits per heavy atom. The van der Waals surface area contributed by atoms with Gasteiger partial charge < -0.3 is 5.11 Å². The molecule has 0 spiro atoms. The zero-order chi connectivity index (χ0) is 10.3. The molecule has 1 heteroatoms. The first-order valence-electron chi connectivity index (χ1n) is 4.94. The summed E-state index contributed by atoms with van der Waals surface area (Å²) in [5.41, 5.74) is 1.83. The molecule has 0 saturated carbocycles. The second-order valence-corrected chi connectivity index (χ2v) is 4.54. The van der Waals surface area contributed by atoms with E-state index in [1.54, 1.807) is 0 Å². The smallest absolute Gasteiger partial charge is 0.0772 e. The topological polar surface area (TPSA) is 20.2 Å². The fourth-order valence-electron chi connectivity index (χ4n) is 2.21. The minimum atomic E-state index is -0.569. The van der Waals surface area contributed by atoms with Gasteiger partial charge in [-0.05, 0) is 18.9 Å². The Balaban J connectivity index is 3.13. The Morgan fingerprint density at radius 3 is 2.31 bits per heavy atom. The summed E-state index contributed by atoms with van der Waals surface area (Å²) in [6, 6.07) is 0. The molecule has 1 atom stereocenters. The quantitative estimate of drug-likeness (QED) is 0.692. The molecule has 1 N–H and O–H groups in total. The molecule has 0 radical (unpaired) electrons. The molecule has 13 heavy (non-hydrogen) atoms. The van der Waals surface area contributed by atoms with Crippen LogP contribution >= 0.6 is 0 Å². The summed E-state index contributed by atoms with van der Waals surface area (Å²) in [7, 11) is 0. The molecule has 1 aliphatic rings. The maximum Gasteiger partial charge on any atom is 0.0772 e. The highest BCUT2D eigenvalue weighted by atomic mass is 16.3. The van der Waals surface area contributed by atoms with Gasteiger partial charge in [0.25, 0.3) is 0 Å². The minimum absolute atomic E-state index is 0.106. The van der Waals surface area contributed by atoms with Crippen LogP contribution in [0, 0.1) is 5.41 Å². The molecule has 0 aromatic rings. The summed E-state index contributed by atoms with van der Waals surface area (Å²) in [4.78, 5) is 0. The van der Waals surface area contributed by atoms with E-state index in [4.69, 9.17) is 0 Å². The van der Waals surface area contributed by atoms with Crippen LogP contribution in [0.15, 0.2) is 23.8 Å². The zero-order valence-electron chi connectivity index (χ0n) is 9.15. The molecule has 74 valence electrons. The molecule has 1 unspecified atom stereocenters. The Kier molecular flexibility index (Phi) is 2.42. The van der Waals surface area contributed by atoms with E-state index in [-0.39, 0.29) is 5.41 Å². The third-order valence-corrected chi connectivity index (χ3v) is 3.90. The van der Waals surface area contributed by atoms with Crippen molar-refractivity contribution >= 4 is 0 Å². The average molecular weight is 180 g/mol. The van der Waals surface area contributed by atoms with E-state index in [0.717, 1.165) is 12.8 Å². The molecule has 1 rings (SSSR count). The highest BCUT2D eigenvalue weighted by Crippen LogP contribution is 2.51. The molecule has 0 aromatic carbocycles. The van der Waals surface area contributed by atoms with E-state index in [1.807, 2.05) is 13.0 Å². The predicted octanol–water partition coefficient (Wildman–Crippen LogP) is 3.06. The normalized spacial score (nSPS) is 32.4. The van der Waals surface area contributed by atoms with Crippen molar-refractivity contribution in [3.05, 3.63) is 23.8 Å². The van der Waals surface area contributed by atoms with Crippen LogP contribution in [-0.2, 0) is 0 Å². The van der Waals surface area contributed by atoms with Gasteiger partial charge in [0, 0.05) is 11.8 Å². The van der Waals surface area contributed by atoms with Crippen LogP contribution in [0.2, 0.25) is 0 Å². The van der Waals surface area contributed by atoms with Gasteiger partial charge >= 0.3 is 0 Å². The Labute approximate surface area is 81.2 Å². The van der Waals surface area contributed by atoms with E-state index in [0.29, 0.717) is 0 Å². The summed E-state index contributed by atoms with van der Waals surface area (Å²) in [5, 5.41) is 10.4. The lowest BCUT2D eigenvalue weighted by molar-refractivity contribution is -0.0373. The first-order valence-corrected chi connectivity index (χ1v) is 4.94. The highest BCUT2D eigenvalue weighted by Gasteiger charge is 2.48. The van der Waals surface area contributed by atoms with Crippen LogP contribution in [-0.4, -0.2) is 10.7 Å². The van der Waals surface area contributed by atoms with Crippen LogP contribution in [0.4, 0.5) is 0 Å². The molecule has 0 heterocycles. The van der Waals surface area contributed by atoms with Gasteiger partial charge in [-0.15, -0.1) is 0 Å². The van der Waals surface area contributed by atoms with E-state index in [9.17, 15) is 5.11 Å². The van der Waals surface area contributed by atoms with Crippen molar-refractivity contribution in [3.63, 3.8) is 0 Å².